The van der Waals surface area contributed by atoms with Crippen molar-refractivity contribution in [3.05, 3.63) is 28.5 Å². The molecule has 0 saturated heterocycles. The van der Waals surface area contributed by atoms with Crippen LogP contribution in [0.2, 0.25) is 5.15 Å². The van der Waals surface area contributed by atoms with Crippen molar-refractivity contribution in [1.29, 1.82) is 0 Å². The Kier molecular flexibility index (Phi) is 4.40. The van der Waals surface area contributed by atoms with Gasteiger partial charge in [-0.3, -0.25) is 4.79 Å². The molecule has 1 aromatic rings. The summed E-state index contributed by atoms with van der Waals surface area (Å²) in [5.41, 5.74) is 1.90. The van der Waals surface area contributed by atoms with Gasteiger partial charge in [-0.15, -0.1) is 0 Å². The zero-order valence-corrected chi connectivity index (χ0v) is 8.75. The van der Waals surface area contributed by atoms with E-state index in [0.717, 1.165) is 24.0 Å². The Bertz CT molecular complexity index is 315. The highest BCUT2D eigenvalue weighted by atomic mass is 35.5. The van der Waals surface area contributed by atoms with Crippen molar-refractivity contribution in [2.75, 3.05) is 0 Å². The Labute approximate surface area is 88.1 Å². The van der Waals surface area contributed by atoms with E-state index in [0.29, 0.717) is 11.6 Å². The molecule has 1 heterocycles. The molecule has 14 heavy (non-hydrogen) atoms. The van der Waals surface area contributed by atoms with Gasteiger partial charge in [0, 0.05) is 11.8 Å². The van der Waals surface area contributed by atoms with Crippen LogP contribution in [0.5, 0.6) is 0 Å². The predicted octanol–water partition coefficient (Wildman–Crippen LogP) is 2.36. The molecule has 1 rings (SSSR count). The number of hydrogen-bond donors (Lipinski definition) is 0. The predicted molar refractivity (Wildman–Crippen MR) is 54.1 cm³/mol. The molecule has 0 atom stereocenters. The number of halogens is 1. The van der Waals surface area contributed by atoms with E-state index in [-0.39, 0.29) is 6.61 Å². The summed E-state index contributed by atoms with van der Waals surface area (Å²) < 4.78 is 4.68. The highest BCUT2D eigenvalue weighted by Crippen LogP contribution is 2.19. The van der Waals surface area contributed by atoms with Crippen molar-refractivity contribution in [3.63, 3.8) is 0 Å². The maximum absolute atomic E-state index is 10.1. The van der Waals surface area contributed by atoms with Gasteiger partial charge in [0.2, 0.25) is 0 Å². The lowest BCUT2D eigenvalue weighted by Crippen LogP contribution is -1.99. The zero-order chi connectivity index (χ0) is 10.4. The van der Waals surface area contributed by atoms with E-state index in [9.17, 15) is 4.79 Å². The van der Waals surface area contributed by atoms with Crippen LogP contribution < -0.4 is 0 Å². The lowest BCUT2D eigenvalue weighted by atomic mass is 10.1. The van der Waals surface area contributed by atoms with Crippen molar-refractivity contribution in [2.45, 2.75) is 26.4 Å². The summed E-state index contributed by atoms with van der Waals surface area (Å²) in [6.07, 6.45) is 3.60. The van der Waals surface area contributed by atoms with E-state index in [4.69, 9.17) is 11.6 Å². The smallest absolute Gasteiger partial charge is 0.293 e. The number of pyridine rings is 1. The fourth-order valence-corrected chi connectivity index (χ4v) is 1.51. The molecule has 0 spiro atoms. The Hall–Kier alpha value is -1.09. The molecule has 0 amide bonds. The van der Waals surface area contributed by atoms with Gasteiger partial charge in [-0.2, -0.15) is 0 Å². The summed E-state index contributed by atoms with van der Waals surface area (Å²) in [6.45, 7) is 2.70. The van der Waals surface area contributed by atoms with Crippen LogP contribution >= 0.6 is 11.6 Å². The molecule has 4 heteroatoms. The van der Waals surface area contributed by atoms with Gasteiger partial charge in [0.05, 0.1) is 0 Å². The number of aryl methyl sites for hydroxylation is 1. The summed E-state index contributed by atoms with van der Waals surface area (Å²) in [5, 5.41) is 0.415. The molecular formula is C10H12ClNO2. The van der Waals surface area contributed by atoms with Crippen LogP contribution in [0.15, 0.2) is 12.3 Å². The van der Waals surface area contributed by atoms with Gasteiger partial charge in [0.15, 0.2) is 0 Å². The number of hydrogen-bond acceptors (Lipinski definition) is 3. The minimum atomic E-state index is 0.200. The van der Waals surface area contributed by atoms with Gasteiger partial charge < -0.3 is 4.74 Å². The van der Waals surface area contributed by atoms with E-state index < -0.39 is 0 Å². The highest BCUT2D eigenvalue weighted by Gasteiger charge is 2.07. The first-order valence-electron chi connectivity index (χ1n) is 4.47. The molecule has 76 valence electrons. The Morgan fingerprint density at radius 3 is 3.07 bits per heavy atom. The lowest BCUT2D eigenvalue weighted by Gasteiger charge is -2.08. The normalized spacial score (nSPS) is 9.86. The average molecular weight is 214 g/mol. The van der Waals surface area contributed by atoms with Gasteiger partial charge in [0.1, 0.15) is 11.8 Å². The van der Waals surface area contributed by atoms with Crippen LogP contribution in [0.3, 0.4) is 0 Å². The minimum Gasteiger partial charge on any atom is -0.463 e. The van der Waals surface area contributed by atoms with Gasteiger partial charge >= 0.3 is 0 Å². The van der Waals surface area contributed by atoms with Gasteiger partial charge in [-0.1, -0.05) is 24.9 Å². The van der Waals surface area contributed by atoms with Crippen LogP contribution in [-0.4, -0.2) is 11.5 Å². The number of ether oxygens (including phenoxy) is 1. The largest absolute Gasteiger partial charge is 0.463 e. The first-order valence-corrected chi connectivity index (χ1v) is 4.85. The standard InChI is InChI=1S/C10H12ClNO2/c1-2-3-8-4-5-12-10(11)9(8)6-14-7-13/h4-5,7H,2-3,6H2,1H3. The summed E-state index contributed by atoms with van der Waals surface area (Å²) in [6, 6.07) is 1.90. The molecule has 0 aromatic carbocycles. The first kappa shape index (κ1) is 11.0. The van der Waals surface area contributed by atoms with E-state index in [1.807, 2.05) is 6.07 Å². The van der Waals surface area contributed by atoms with Crippen LogP contribution in [-0.2, 0) is 22.6 Å². The number of nitrogens with zero attached hydrogens (tertiary/aromatic N) is 1. The second kappa shape index (κ2) is 5.60. The Balaban J connectivity index is 2.89. The molecule has 0 fully saturated rings. The molecule has 0 unspecified atom stereocenters. The van der Waals surface area contributed by atoms with E-state index in [1.165, 1.54) is 0 Å². The monoisotopic (exact) mass is 213 g/mol. The van der Waals surface area contributed by atoms with E-state index >= 15 is 0 Å². The molecule has 0 N–H and O–H groups in total. The van der Waals surface area contributed by atoms with Crippen molar-refractivity contribution in [1.82, 2.24) is 4.98 Å². The maximum atomic E-state index is 10.1. The van der Waals surface area contributed by atoms with Crippen LogP contribution in [0.25, 0.3) is 0 Å². The topological polar surface area (TPSA) is 39.2 Å². The fraction of sp³-hybridized carbons (Fsp3) is 0.400. The third kappa shape index (κ3) is 2.70. The molecule has 3 nitrogen and oxygen atoms in total. The molecular weight excluding hydrogens is 202 g/mol. The number of carbonyl (C=O) groups is 1. The van der Waals surface area contributed by atoms with Crippen molar-refractivity contribution in [3.8, 4) is 0 Å². The molecule has 1 aromatic heterocycles. The number of aromatic nitrogens is 1. The summed E-state index contributed by atoms with van der Waals surface area (Å²) in [5.74, 6) is 0. The quantitative estimate of drug-likeness (QED) is 0.557. The van der Waals surface area contributed by atoms with Crippen LogP contribution in [0.4, 0.5) is 0 Å². The van der Waals surface area contributed by atoms with Gasteiger partial charge in [0.25, 0.3) is 6.47 Å². The van der Waals surface area contributed by atoms with Gasteiger partial charge in [-0.05, 0) is 18.1 Å². The molecule has 0 aliphatic rings. The average Bonchev–Trinajstić information content (AvgIpc) is 2.18. The lowest BCUT2D eigenvalue weighted by molar-refractivity contribution is -0.129. The third-order valence-electron chi connectivity index (χ3n) is 1.92. The Morgan fingerprint density at radius 1 is 1.64 bits per heavy atom. The molecule has 0 aliphatic carbocycles. The molecule has 0 saturated carbocycles. The SMILES string of the molecule is CCCc1ccnc(Cl)c1COC=O. The number of carbonyl (C=O) groups excluding carboxylic acids is 1. The molecule has 0 bridgehead atoms. The maximum Gasteiger partial charge on any atom is 0.293 e. The van der Waals surface area contributed by atoms with Crippen molar-refractivity contribution in [2.24, 2.45) is 0 Å². The van der Waals surface area contributed by atoms with E-state index in [2.05, 4.69) is 16.6 Å². The second-order valence-corrected chi connectivity index (χ2v) is 3.25. The zero-order valence-electron chi connectivity index (χ0n) is 8.00. The summed E-state index contributed by atoms with van der Waals surface area (Å²) in [4.78, 5) is 14.0. The fourth-order valence-electron chi connectivity index (χ4n) is 1.28. The number of rotatable bonds is 5. The minimum absolute atomic E-state index is 0.200. The highest BCUT2D eigenvalue weighted by molar-refractivity contribution is 6.30. The van der Waals surface area contributed by atoms with Crippen LogP contribution in [0.1, 0.15) is 24.5 Å². The Morgan fingerprint density at radius 2 is 2.43 bits per heavy atom. The molecule has 0 radical (unpaired) electrons. The summed E-state index contributed by atoms with van der Waals surface area (Å²) in [7, 11) is 0. The van der Waals surface area contributed by atoms with Crippen LogP contribution in [0, 0.1) is 0 Å². The third-order valence-corrected chi connectivity index (χ3v) is 2.24. The summed E-state index contributed by atoms with van der Waals surface area (Å²) >= 11 is 5.89. The van der Waals surface area contributed by atoms with Crippen molar-refractivity contribution >= 4 is 18.1 Å². The second-order valence-electron chi connectivity index (χ2n) is 2.90. The first-order chi connectivity index (χ1) is 6.79. The van der Waals surface area contributed by atoms with E-state index in [1.54, 1.807) is 6.20 Å². The van der Waals surface area contributed by atoms with Gasteiger partial charge in [-0.25, -0.2) is 4.98 Å². The van der Waals surface area contributed by atoms with Crippen molar-refractivity contribution < 1.29 is 9.53 Å². The molecule has 0 aliphatic heterocycles.